The first-order valence-corrected chi connectivity index (χ1v) is 9.13. The number of guanidine groups is 1. The van der Waals surface area contributed by atoms with Crippen molar-refractivity contribution >= 4 is 11.9 Å². The van der Waals surface area contributed by atoms with Crippen molar-refractivity contribution in [1.29, 1.82) is 0 Å². The van der Waals surface area contributed by atoms with Crippen LogP contribution in [0.3, 0.4) is 0 Å². The first-order chi connectivity index (χ1) is 11.1. The first kappa shape index (κ1) is 18.0. The van der Waals surface area contributed by atoms with E-state index in [1.807, 2.05) is 0 Å². The van der Waals surface area contributed by atoms with Crippen molar-refractivity contribution < 1.29 is 4.79 Å². The summed E-state index contributed by atoms with van der Waals surface area (Å²) in [6.07, 6.45) is 6.55. The van der Waals surface area contributed by atoms with Crippen molar-refractivity contribution in [3.63, 3.8) is 0 Å². The number of hydrogen-bond donors (Lipinski definition) is 2. The average Bonchev–Trinajstić information content (AvgIpc) is 2.54. The van der Waals surface area contributed by atoms with Crippen molar-refractivity contribution in [2.24, 2.45) is 28.3 Å². The maximum atomic E-state index is 11.1. The van der Waals surface area contributed by atoms with E-state index < -0.39 is 0 Å². The molecular weight excluding hydrogens is 290 g/mol. The van der Waals surface area contributed by atoms with Crippen LogP contribution in [0.15, 0.2) is 4.99 Å². The molecule has 2 fully saturated rings. The Labute approximate surface area is 140 Å². The Hall–Kier alpha value is -1.30. The van der Waals surface area contributed by atoms with E-state index in [4.69, 9.17) is 11.5 Å². The zero-order valence-corrected chi connectivity index (χ0v) is 14.5. The highest BCUT2D eigenvalue weighted by molar-refractivity contribution is 5.78. The van der Waals surface area contributed by atoms with Crippen LogP contribution in [0.25, 0.3) is 0 Å². The van der Waals surface area contributed by atoms with Crippen molar-refractivity contribution in [2.45, 2.75) is 45.4 Å². The van der Waals surface area contributed by atoms with E-state index in [9.17, 15) is 4.79 Å². The number of hydrogen-bond acceptors (Lipinski definition) is 3. The van der Waals surface area contributed by atoms with Crippen LogP contribution < -0.4 is 11.5 Å². The standard InChI is InChI=1S/C17H33N5O/c1-14-5-4-10-22(13-14)17(19)20-8-2-3-9-21-11-6-15(7-12-21)16(18)23/h14-15H,2-13H2,1H3,(H2,18,23)(H2,19,20). The van der Waals surface area contributed by atoms with E-state index in [1.165, 1.54) is 12.8 Å². The molecule has 0 aromatic heterocycles. The van der Waals surface area contributed by atoms with E-state index in [0.717, 1.165) is 76.8 Å². The van der Waals surface area contributed by atoms with Crippen LogP contribution in [-0.4, -0.2) is 60.9 Å². The monoisotopic (exact) mass is 323 g/mol. The number of likely N-dealkylation sites (tertiary alicyclic amines) is 2. The predicted molar refractivity (Wildman–Crippen MR) is 94.1 cm³/mol. The number of carbonyl (C=O) groups is 1. The summed E-state index contributed by atoms with van der Waals surface area (Å²) < 4.78 is 0. The Bertz CT molecular complexity index is 404. The third-order valence-corrected chi connectivity index (χ3v) is 5.13. The molecule has 2 rings (SSSR count). The largest absolute Gasteiger partial charge is 0.370 e. The van der Waals surface area contributed by atoms with Gasteiger partial charge in [-0.15, -0.1) is 0 Å². The highest BCUT2D eigenvalue weighted by atomic mass is 16.1. The molecule has 0 aromatic carbocycles. The summed E-state index contributed by atoms with van der Waals surface area (Å²) in [6.45, 7) is 8.25. The van der Waals surface area contributed by atoms with Gasteiger partial charge in [-0.05, 0) is 64.1 Å². The number of nitrogens with zero attached hydrogens (tertiary/aromatic N) is 3. The van der Waals surface area contributed by atoms with Crippen molar-refractivity contribution in [3.8, 4) is 0 Å². The highest BCUT2D eigenvalue weighted by Gasteiger charge is 2.22. The molecule has 1 unspecified atom stereocenters. The second kappa shape index (κ2) is 9.11. The molecule has 0 aromatic rings. The summed E-state index contributed by atoms with van der Waals surface area (Å²) >= 11 is 0. The summed E-state index contributed by atoms with van der Waals surface area (Å²) in [5.74, 6) is 1.39. The molecule has 23 heavy (non-hydrogen) atoms. The van der Waals surface area contributed by atoms with Gasteiger partial charge < -0.3 is 21.3 Å². The molecule has 6 nitrogen and oxygen atoms in total. The van der Waals surface area contributed by atoms with E-state index in [-0.39, 0.29) is 11.8 Å². The van der Waals surface area contributed by atoms with Crippen molar-refractivity contribution in [2.75, 3.05) is 39.3 Å². The number of primary amides is 1. The average molecular weight is 323 g/mol. The molecule has 2 saturated heterocycles. The Morgan fingerprint density at radius 2 is 1.87 bits per heavy atom. The lowest BCUT2D eigenvalue weighted by molar-refractivity contribution is -0.123. The molecule has 2 aliphatic heterocycles. The lowest BCUT2D eigenvalue weighted by Crippen LogP contribution is -2.43. The molecule has 2 aliphatic rings. The molecule has 0 saturated carbocycles. The normalized spacial score (nSPS) is 24.8. The van der Waals surface area contributed by atoms with Gasteiger partial charge in [0, 0.05) is 25.6 Å². The minimum absolute atomic E-state index is 0.0857. The fourth-order valence-corrected chi connectivity index (χ4v) is 3.58. The predicted octanol–water partition coefficient (Wildman–Crippen LogP) is 1.01. The van der Waals surface area contributed by atoms with Crippen LogP contribution in [-0.2, 0) is 4.79 Å². The molecular formula is C17H33N5O. The number of piperidine rings is 2. The lowest BCUT2D eigenvalue weighted by Gasteiger charge is -2.31. The molecule has 132 valence electrons. The van der Waals surface area contributed by atoms with Crippen LogP contribution in [0.4, 0.5) is 0 Å². The number of rotatable bonds is 6. The number of unbranched alkanes of at least 4 members (excludes halogenated alkanes) is 1. The Morgan fingerprint density at radius 3 is 2.52 bits per heavy atom. The van der Waals surface area contributed by atoms with Gasteiger partial charge in [0.1, 0.15) is 0 Å². The van der Waals surface area contributed by atoms with Crippen LogP contribution in [0, 0.1) is 11.8 Å². The molecule has 0 spiro atoms. The van der Waals surface area contributed by atoms with Gasteiger partial charge in [0.2, 0.25) is 5.91 Å². The third kappa shape index (κ3) is 6.01. The summed E-state index contributed by atoms with van der Waals surface area (Å²) in [5, 5.41) is 0. The number of amides is 1. The maximum absolute atomic E-state index is 11.1. The molecule has 0 radical (unpaired) electrons. The van der Waals surface area contributed by atoms with Gasteiger partial charge in [-0.3, -0.25) is 9.79 Å². The number of nitrogens with two attached hydrogens (primary N) is 2. The fraction of sp³-hybridized carbons (Fsp3) is 0.882. The van der Waals surface area contributed by atoms with Crippen molar-refractivity contribution in [3.05, 3.63) is 0 Å². The molecule has 2 heterocycles. The Balaban J connectivity index is 1.57. The van der Waals surface area contributed by atoms with E-state index in [2.05, 4.69) is 21.7 Å². The molecule has 4 N–H and O–H groups in total. The summed E-state index contributed by atoms with van der Waals surface area (Å²) in [4.78, 5) is 20.3. The fourth-order valence-electron chi connectivity index (χ4n) is 3.58. The summed E-state index contributed by atoms with van der Waals surface area (Å²) in [5.41, 5.74) is 11.5. The van der Waals surface area contributed by atoms with E-state index >= 15 is 0 Å². The molecule has 1 atom stereocenters. The van der Waals surface area contributed by atoms with Gasteiger partial charge in [0.25, 0.3) is 0 Å². The minimum Gasteiger partial charge on any atom is -0.370 e. The summed E-state index contributed by atoms with van der Waals surface area (Å²) in [6, 6.07) is 0. The second-order valence-corrected chi connectivity index (χ2v) is 7.16. The molecule has 0 aliphatic carbocycles. The molecule has 0 bridgehead atoms. The summed E-state index contributed by atoms with van der Waals surface area (Å²) in [7, 11) is 0. The first-order valence-electron chi connectivity index (χ1n) is 9.13. The molecule has 1 amide bonds. The Morgan fingerprint density at radius 1 is 1.13 bits per heavy atom. The SMILES string of the molecule is CC1CCCN(C(N)=NCCCCN2CCC(C(N)=O)CC2)C1. The Kier molecular flexibility index (Phi) is 7.15. The minimum atomic E-state index is -0.138. The van der Waals surface area contributed by atoms with Gasteiger partial charge in [0.15, 0.2) is 5.96 Å². The second-order valence-electron chi connectivity index (χ2n) is 7.16. The van der Waals surface area contributed by atoms with E-state index in [0.29, 0.717) is 0 Å². The van der Waals surface area contributed by atoms with Crippen LogP contribution in [0.5, 0.6) is 0 Å². The zero-order chi connectivity index (χ0) is 16.7. The highest BCUT2D eigenvalue weighted by Crippen LogP contribution is 2.17. The van der Waals surface area contributed by atoms with Gasteiger partial charge in [0.05, 0.1) is 0 Å². The number of aliphatic imine (C=N–C) groups is 1. The van der Waals surface area contributed by atoms with Crippen LogP contribution in [0.2, 0.25) is 0 Å². The van der Waals surface area contributed by atoms with Gasteiger partial charge in [-0.1, -0.05) is 6.92 Å². The van der Waals surface area contributed by atoms with Crippen molar-refractivity contribution in [1.82, 2.24) is 9.80 Å². The lowest BCUT2D eigenvalue weighted by atomic mass is 9.96. The smallest absolute Gasteiger partial charge is 0.220 e. The maximum Gasteiger partial charge on any atom is 0.220 e. The third-order valence-electron chi connectivity index (χ3n) is 5.13. The quantitative estimate of drug-likeness (QED) is 0.434. The van der Waals surface area contributed by atoms with Crippen LogP contribution in [0.1, 0.15) is 45.4 Å². The van der Waals surface area contributed by atoms with Gasteiger partial charge in [-0.2, -0.15) is 0 Å². The van der Waals surface area contributed by atoms with Crippen LogP contribution >= 0.6 is 0 Å². The zero-order valence-electron chi connectivity index (χ0n) is 14.5. The van der Waals surface area contributed by atoms with E-state index in [1.54, 1.807) is 0 Å². The van der Waals surface area contributed by atoms with Gasteiger partial charge in [-0.25, -0.2) is 0 Å². The topological polar surface area (TPSA) is 87.9 Å². The molecule has 6 heteroatoms. The van der Waals surface area contributed by atoms with Gasteiger partial charge >= 0.3 is 0 Å². The number of carbonyl (C=O) groups excluding carboxylic acids is 1.